The van der Waals surface area contributed by atoms with Gasteiger partial charge in [-0.1, -0.05) is 5.16 Å². The number of hydrogen-bond acceptors (Lipinski definition) is 6. The summed E-state index contributed by atoms with van der Waals surface area (Å²) in [6, 6.07) is 7.61. The molecule has 3 fully saturated rings. The lowest BCUT2D eigenvalue weighted by Gasteiger charge is -2.56. The van der Waals surface area contributed by atoms with Crippen LogP contribution in [0.25, 0.3) is 11.0 Å². The van der Waals surface area contributed by atoms with Gasteiger partial charge >= 0.3 is 0 Å². The number of piperidine rings is 1. The van der Waals surface area contributed by atoms with Crippen molar-refractivity contribution in [3.05, 3.63) is 47.8 Å². The lowest BCUT2D eigenvalue weighted by Crippen LogP contribution is -2.68. The Morgan fingerprint density at radius 1 is 1.20 bits per heavy atom. The molecule has 0 saturated carbocycles. The third kappa shape index (κ3) is 2.46. The van der Waals surface area contributed by atoms with Crippen LogP contribution in [0, 0.1) is 12.7 Å². The molecule has 3 aromatic rings. The van der Waals surface area contributed by atoms with Crippen molar-refractivity contribution in [1.29, 1.82) is 0 Å². The van der Waals surface area contributed by atoms with Gasteiger partial charge in [-0.15, -0.1) is 0 Å². The molecule has 2 atom stereocenters. The summed E-state index contributed by atoms with van der Waals surface area (Å²) in [5.41, 5.74) is 2.39. The number of nitrogens with zero attached hydrogens (tertiary/aromatic N) is 5. The van der Waals surface area contributed by atoms with Crippen LogP contribution in [-0.4, -0.2) is 45.2 Å². The van der Waals surface area contributed by atoms with Crippen LogP contribution in [0.3, 0.4) is 0 Å². The van der Waals surface area contributed by atoms with Gasteiger partial charge in [0.15, 0.2) is 5.58 Å². The number of fused-ring (bicyclic) bond motifs is 3. The number of halogens is 1. The summed E-state index contributed by atoms with van der Waals surface area (Å²) >= 11 is 0. The predicted octanol–water partition coefficient (Wildman–Crippen LogP) is 2.53. The lowest BCUT2D eigenvalue weighted by molar-refractivity contribution is -0.01000. The minimum absolute atomic E-state index is 0.299. The zero-order valence-electron chi connectivity index (χ0n) is 13.9. The maximum atomic E-state index is 13.3. The number of piperazine rings is 1. The Morgan fingerprint density at radius 3 is 2.84 bits per heavy atom. The average molecular weight is 339 g/mol. The van der Waals surface area contributed by atoms with Gasteiger partial charge in [0.05, 0.1) is 0 Å². The molecule has 6 rings (SSSR count). The largest absolute Gasteiger partial charge is 0.356 e. The first kappa shape index (κ1) is 14.8. The molecular weight excluding hydrogens is 321 g/mol. The highest BCUT2D eigenvalue weighted by Gasteiger charge is 2.45. The van der Waals surface area contributed by atoms with E-state index in [1.807, 2.05) is 13.0 Å². The van der Waals surface area contributed by atoms with Crippen LogP contribution < -0.4 is 4.90 Å². The number of hydrogen-bond donors (Lipinski definition) is 0. The topological polar surface area (TPSA) is 58.3 Å². The van der Waals surface area contributed by atoms with Crippen LogP contribution in [0.4, 0.5) is 10.2 Å². The molecule has 0 radical (unpaired) electrons. The minimum atomic E-state index is -0.299. The van der Waals surface area contributed by atoms with Gasteiger partial charge in [0.1, 0.15) is 23.7 Å². The SMILES string of the molecule is Cc1cc(N2CC3CC(C2)N3Cc2noc3cc(F)ccc23)ncn1. The number of rotatable bonds is 3. The second-order valence-electron chi connectivity index (χ2n) is 6.91. The Kier molecular flexibility index (Phi) is 3.24. The van der Waals surface area contributed by atoms with Crippen molar-refractivity contribution >= 4 is 16.8 Å². The van der Waals surface area contributed by atoms with Crippen molar-refractivity contribution in [1.82, 2.24) is 20.0 Å². The van der Waals surface area contributed by atoms with Gasteiger partial charge < -0.3 is 9.42 Å². The molecule has 1 aromatic carbocycles. The summed E-state index contributed by atoms with van der Waals surface area (Å²) < 4.78 is 18.6. The van der Waals surface area contributed by atoms with E-state index in [4.69, 9.17) is 4.52 Å². The molecule has 0 amide bonds. The summed E-state index contributed by atoms with van der Waals surface area (Å²) in [7, 11) is 0. The predicted molar refractivity (Wildman–Crippen MR) is 90.7 cm³/mol. The quantitative estimate of drug-likeness (QED) is 0.731. The molecule has 2 bridgehead atoms. The normalized spacial score (nSPS) is 23.0. The number of anilines is 1. The van der Waals surface area contributed by atoms with Crippen LogP contribution >= 0.6 is 0 Å². The Morgan fingerprint density at radius 2 is 2.04 bits per heavy atom. The second kappa shape index (κ2) is 5.49. The van der Waals surface area contributed by atoms with Crippen LogP contribution in [0.5, 0.6) is 0 Å². The van der Waals surface area contributed by atoms with Crippen molar-refractivity contribution in [2.24, 2.45) is 0 Å². The maximum Gasteiger partial charge on any atom is 0.170 e. The first-order valence-electron chi connectivity index (χ1n) is 8.50. The first-order valence-corrected chi connectivity index (χ1v) is 8.50. The average Bonchev–Trinajstić information content (AvgIpc) is 3.01. The maximum absolute atomic E-state index is 13.3. The van der Waals surface area contributed by atoms with Gasteiger partial charge in [0.2, 0.25) is 0 Å². The summed E-state index contributed by atoms with van der Waals surface area (Å²) in [4.78, 5) is 13.4. The van der Waals surface area contributed by atoms with E-state index in [0.717, 1.165) is 42.2 Å². The molecule has 5 heterocycles. The van der Waals surface area contributed by atoms with Crippen LogP contribution in [0.1, 0.15) is 17.8 Å². The fourth-order valence-electron chi connectivity index (χ4n) is 4.00. The van der Waals surface area contributed by atoms with Gasteiger partial charge in [0.25, 0.3) is 0 Å². The molecular formula is C18H18FN5O. The van der Waals surface area contributed by atoms with E-state index in [9.17, 15) is 4.39 Å². The number of benzene rings is 1. The van der Waals surface area contributed by atoms with E-state index in [-0.39, 0.29) is 5.82 Å². The van der Waals surface area contributed by atoms with Crippen molar-refractivity contribution in [3.63, 3.8) is 0 Å². The van der Waals surface area contributed by atoms with E-state index in [1.54, 1.807) is 12.4 Å². The van der Waals surface area contributed by atoms with Crippen molar-refractivity contribution in [2.75, 3.05) is 18.0 Å². The Balaban J connectivity index is 1.33. The van der Waals surface area contributed by atoms with E-state index in [0.29, 0.717) is 17.7 Å². The summed E-state index contributed by atoms with van der Waals surface area (Å²) in [6.45, 7) is 4.64. The molecule has 0 spiro atoms. The third-order valence-electron chi connectivity index (χ3n) is 5.30. The summed E-state index contributed by atoms with van der Waals surface area (Å²) in [5.74, 6) is 0.705. The molecule has 2 aromatic heterocycles. The molecule has 2 unspecified atom stereocenters. The Bertz CT molecular complexity index is 930. The molecule has 3 aliphatic rings. The zero-order valence-corrected chi connectivity index (χ0v) is 13.9. The van der Waals surface area contributed by atoms with E-state index >= 15 is 0 Å². The third-order valence-corrected chi connectivity index (χ3v) is 5.30. The molecule has 0 N–H and O–H groups in total. The number of aromatic nitrogens is 3. The molecule has 6 nitrogen and oxygen atoms in total. The number of aryl methyl sites for hydroxylation is 1. The van der Waals surface area contributed by atoms with Crippen molar-refractivity contribution in [2.45, 2.75) is 32.0 Å². The Labute approximate surface area is 144 Å². The zero-order chi connectivity index (χ0) is 17.0. The van der Waals surface area contributed by atoms with Gasteiger partial charge in [-0.05, 0) is 25.5 Å². The smallest absolute Gasteiger partial charge is 0.170 e. The summed E-state index contributed by atoms with van der Waals surface area (Å²) in [5, 5.41) is 5.05. The Hall–Kier alpha value is -2.54. The highest BCUT2D eigenvalue weighted by atomic mass is 19.1. The summed E-state index contributed by atoms with van der Waals surface area (Å²) in [6.07, 6.45) is 2.83. The molecule has 7 heteroatoms. The minimum Gasteiger partial charge on any atom is -0.356 e. The van der Waals surface area contributed by atoms with Crippen LogP contribution in [-0.2, 0) is 6.54 Å². The standard InChI is InChI=1S/C18H18FN5O/c1-11-4-18(21-10-20-11)23-7-13-6-14(8-23)24(13)9-16-15-3-2-12(19)5-17(15)25-22-16/h2-5,10,13-14H,6-9H2,1H3. The van der Waals surface area contributed by atoms with E-state index in [2.05, 4.69) is 24.9 Å². The molecule has 0 aliphatic carbocycles. The van der Waals surface area contributed by atoms with Gasteiger partial charge in [0, 0.05) is 54.9 Å². The van der Waals surface area contributed by atoms with E-state index in [1.165, 1.54) is 18.6 Å². The molecule has 3 saturated heterocycles. The van der Waals surface area contributed by atoms with Crippen molar-refractivity contribution < 1.29 is 8.91 Å². The van der Waals surface area contributed by atoms with Crippen molar-refractivity contribution in [3.8, 4) is 0 Å². The van der Waals surface area contributed by atoms with Crippen LogP contribution in [0.2, 0.25) is 0 Å². The monoisotopic (exact) mass is 339 g/mol. The fourth-order valence-corrected chi connectivity index (χ4v) is 4.00. The fraction of sp³-hybridized carbons (Fsp3) is 0.389. The second-order valence-corrected chi connectivity index (χ2v) is 6.91. The first-order chi connectivity index (χ1) is 12.2. The molecule has 128 valence electrons. The van der Waals surface area contributed by atoms with Crippen LogP contribution in [0.15, 0.2) is 35.1 Å². The molecule has 25 heavy (non-hydrogen) atoms. The highest BCUT2D eigenvalue weighted by Crippen LogP contribution is 2.36. The van der Waals surface area contributed by atoms with E-state index < -0.39 is 0 Å². The lowest BCUT2D eigenvalue weighted by atomic mass is 9.87. The van der Waals surface area contributed by atoms with Gasteiger partial charge in [-0.2, -0.15) is 0 Å². The van der Waals surface area contributed by atoms with Gasteiger partial charge in [-0.3, -0.25) is 4.90 Å². The van der Waals surface area contributed by atoms with Gasteiger partial charge in [-0.25, -0.2) is 14.4 Å². The highest BCUT2D eigenvalue weighted by molar-refractivity contribution is 5.79. The molecule has 3 aliphatic heterocycles.